The average Bonchev–Trinajstić information content (AvgIpc) is 2.84. The van der Waals surface area contributed by atoms with Crippen LogP contribution in [-0.2, 0) is 9.53 Å². The summed E-state index contributed by atoms with van der Waals surface area (Å²) in [6.45, 7) is 3.63. The van der Waals surface area contributed by atoms with Crippen molar-refractivity contribution in [2.45, 2.75) is 13.8 Å². The molecule has 0 bridgehead atoms. The molecule has 35 heavy (non-hydrogen) atoms. The van der Waals surface area contributed by atoms with Crippen molar-refractivity contribution < 1.29 is 23.5 Å². The van der Waals surface area contributed by atoms with Gasteiger partial charge in [0.25, 0.3) is 0 Å². The summed E-state index contributed by atoms with van der Waals surface area (Å²) in [5, 5.41) is 6.17. The fourth-order valence-electron chi connectivity index (χ4n) is 3.43. The molecule has 2 N–H and O–H groups in total. The molecule has 2 amide bonds. The van der Waals surface area contributed by atoms with Crippen molar-refractivity contribution in [2.24, 2.45) is 0 Å². The number of aryl methyl sites for hydroxylation is 1. The second-order valence-electron chi connectivity index (χ2n) is 7.78. The third-order valence-electron chi connectivity index (χ3n) is 5.13. The highest BCUT2D eigenvalue weighted by Crippen LogP contribution is 2.32. The first-order valence-electron chi connectivity index (χ1n) is 11.0. The number of hydrogen-bond donors (Lipinski definition) is 2. The van der Waals surface area contributed by atoms with Crippen LogP contribution < -0.4 is 15.4 Å². The van der Waals surface area contributed by atoms with E-state index in [4.69, 9.17) is 9.47 Å². The molecule has 1 heterocycles. The van der Waals surface area contributed by atoms with Gasteiger partial charge >= 0.3 is 12.0 Å². The van der Waals surface area contributed by atoms with Gasteiger partial charge in [-0.2, -0.15) is 0 Å². The number of esters is 1. The number of fused-ring (bicyclic) bond motifs is 1. The van der Waals surface area contributed by atoms with Crippen LogP contribution in [0, 0.1) is 12.7 Å². The monoisotopic (exact) mass is 473 g/mol. The molecule has 7 nitrogen and oxygen atoms in total. The quantitative estimate of drug-likeness (QED) is 0.325. The topological polar surface area (TPSA) is 89.6 Å². The van der Waals surface area contributed by atoms with Gasteiger partial charge in [0, 0.05) is 28.4 Å². The Morgan fingerprint density at radius 1 is 0.914 bits per heavy atom. The summed E-state index contributed by atoms with van der Waals surface area (Å²) in [6.07, 6.45) is 0. The van der Waals surface area contributed by atoms with E-state index in [2.05, 4.69) is 15.6 Å². The van der Waals surface area contributed by atoms with E-state index in [0.717, 1.165) is 5.56 Å². The van der Waals surface area contributed by atoms with Crippen LogP contribution >= 0.6 is 0 Å². The Morgan fingerprint density at radius 2 is 1.60 bits per heavy atom. The molecule has 3 aromatic carbocycles. The van der Waals surface area contributed by atoms with Gasteiger partial charge in [-0.15, -0.1) is 0 Å². The molecular weight excluding hydrogens is 449 g/mol. The van der Waals surface area contributed by atoms with E-state index >= 15 is 0 Å². The van der Waals surface area contributed by atoms with Crippen molar-refractivity contribution in [3.05, 3.63) is 84.2 Å². The lowest BCUT2D eigenvalue weighted by Gasteiger charge is -2.13. The fraction of sp³-hybridized carbons (Fsp3) is 0.148. The highest BCUT2D eigenvalue weighted by Gasteiger charge is 2.13. The molecule has 0 saturated carbocycles. The largest absolute Gasteiger partial charge is 0.481 e. The molecule has 0 atom stereocenters. The Balaban J connectivity index is 1.63. The van der Waals surface area contributed by atoms with Gasteiger partial charge < -0.3 is 20.1 Å². The minimum absolute atomic E-state index is 0.240. The number of rotatable bonds is 7. The second-order valence-corrected chi connectivity index (χ2v) is 7.78. The number of hydrogen-bond acceptors (Lipinski definition) is 5. The zero-order valence-electron chi connectivity index (χ0n) is 19.3. The number of nitrogens with one attached hydrogen (secondary N) is 2. The van der Waals surface area contributed by atoms with Gasteiger partial charge in [0.15, 0.2) is 6.61 Å². The molecule has 0 aliphatic carbocycles. The molecule has 0 aliphatic rings. The normalized spacial score (nSPS) is 10.6. The van der Waals surface area contributed by atoms with Crippen molar-refractivity contribution in [2.75, 3.05) is 23.8 Å². The van der Waals surface area contributed by atoms with Gasteiger partial charge in [0.1, 0.15) is 11.6 Å². The predicted octanol–water partition coefficient (Wildman–Crippen LogP) is 5.94. The summed E-state index contributed by atoms with van der Waals surface area (Å²) in [7, 11) is 0. The molecule has 0 spiro atoms. The number of aromatic nitrogens is 1. The third kappa shape index (κ3) is 6.11. The Kier molecular flexibility index (Phi) is 7.21. The maximum atomic E-state index is 13.4. The minimum Gasteiger partial charge on any atom is -0.481 e. The van der Waals surface area contributed by atoms with Crippen LogP contribution in [0.2, 0.25) is 0 Å². The smallest absolute Gasteiger partial charge is 0.344 e. The van der Waals surface area contributed by atoms with Crippen molar-refractivity contribution in [3.63, 3.8) is 0 Å². The number of nitrogens with zero attached hydrogens (tertiary/aromatic N) is 1. The summed E-state index contributed by atoms with van der Waals surface area (Å²) < 4.78 is 24.1. The molecule has 8 heteroatoms. The van der Waals surface area contributed by atoms with E-state index in [-0.39, 0.29) is 19.0 Å². The number of ether oxygens (including phenoxy) is 2. The van der Waals surface area contributed by atoms with Crippen LogP contribution in [0.5, 0.6) is 5.75 Å². The van der Waals surface area contributed by atoms with Gasteiger partial charge in [-0.05, 0) is 68.4 Å². The molecule has 0 saturated heterocycles. The van der Waals surface area contributed by atoms with Crippen LogP contribution in [0.1, 0.15) is 12.5 Å². The number of halogens is 1. The number of amides is 2. The van der Waals surface area contributed by atoms with Gasteiger partial charge in [-0.1, -0.05) is 17.7 Å². The van der Waals surface area contributed by atoms with E-state index in [1.165, 1.54) is 12.1 Å². The minimum atomic E-state index is -0.507. The summed E-state index contributed by atoms with van der Waals surface area (Å²) in [5.41, 5.74) is 4.09. The van der Waals surface area contributed by atoms with E-state index < -0.39 is 12.0 Å². The molecule has 178 valence electrons. The Bertz CT molecular complexity index is 1360. The first-order chi connectivity index (χ1) is 16.9. The van der Waals surface area contributed by atoms with E-state index in [9.17, 15) is 14.0 Å². The predicted molar refractivity (Wildman–Crippen MR) is 133 cm³/mol. The van der Waals surface area contributed by atoms with Gasteiger partial charge in [-0.25, -0.2) is 19.0 Å². The molecule has 0 aliphatic heterocycles. The number of urea groups is 1. The third-order valence-corrected chi connectivity index (χ3v) is 5.13. The molecule has 4 aromatic rings. The lowest BCUT2D eigenvalue weighted by atomic mass is 10.1. The first-order valence-corrected chi connectivity index (χ1v) is 11.0. The lowest BCUT2D eigenvalue weighted by Crippen LogP contribution is -2.19. The average molecular weight is 474 g/mol. The zero-order chi connectivity index (χ0) is 24.8. The standard InChI is InChI=1S/C27H24FN3O4/c1-3-34-26(32)16-35-25-15-24(18-6-8-19(28)9-7-18)31-23-13-12-21(14-22(23)25)30-27(33)29-20-10-4-17(2)5-11-20/h4-15H,3,16H2,1-2H3,(H2,29,30,33). The Hall–Kier alpha value is -4.46. The molecular formula is C27H24FN3O4. The highest BCUT2D eigenvalue weighted by molar-refractivity contribution is 6.01. The van der Waals surface area contributed by atoms with Gasteiger partial charge in [0.05, 0.1) is 17.8 Å². The van der Waals surface area contributed by atoms with Crippen LogP contribution in [0.4, 0.5) is 20.6 Å². The highest BCUT2D eigenvalue weighted by atomic mass is 19.1. The van der Waals surface area contributed by atoms with Crippen molar-refractivity contribution in [1.82, 2.24) is 4.98 Å². The van der Waals surface area contributed by atoms with Crippen LogP contribution in [0.15, 0.2) is 72.8 Å². The fourth-order valence-corrected chi connectivity index (χ4v) is 3.43. The number of carbonyl (C=O) groups is 2. The molecule has 4 rings (SSSR count). The first kappa shape index (κ1) is 23.7. The summed E-state index contributed by atoms with van der Waals surface area (Å²) in [6, 6.07) is 19.8. The van der Waals surface area contributed by atoms with Crippen LogP contribution in [-0.4, -0.2) is 30.2 Å². The van der Waals surface area contributed by atoms with Gasteiger partial charge in [0.2, 0.25) is 0 Å². The van der Waals surface area contributed by atoms with Crippen molar-refractivity contribution >= 4 is 34.3 Å². The van der Waals surface area contributed by atoms with E-state index in [1.54, 1.807) is 43.3 Å². The van der Waals surface area contributed by atoms with Crippen molar-refractivity contribution in [1.29, 1.82) is 0 Å². The summed E-state index contributed by atoms with van der Waals surface area (Å²) in [5.74, 6) is -0.481. The summed E-state index contributed by atoms with van der Waals surface area (Å²) in [4.78, 5) is 29.0. The number of benzene rings is 3. The molecule has 0 unspecified atom stereocenters. The second kappa shape index (κ2) is 10.6. The SMILES string of the molecule is CCOC(=O)COc1cc(-c2ccc(F)cc2)nc2ccc(NC(=O)Nc3ccc(C)cc3)cc12. The van der Waals surface area contributed by atoms with Gasteiger partial charge in [-0.3, -0.25) is 0 Å². The lowest BCUT2D eigenvalue weighted by molar-refractivity contribution is -0.145. The van der Waals surface area contributed by atoms with Crippen LogP contribution in [0.3, 0.4) is 0 Å². The Morgan fingerprint density at radius 3 is 2.31 bits per heavy atom. The maximum Gasteiger partial charge on any atom is 0.344 e. The van der Waals surface area contributed by atoms with Crippen LogP contribution in [0.25, 0.3) is 22.2 Å². The number of pyridine rings is 1. The molecule has 1 aromatic heterocycles. The van der Waals surface area contributed by atoms with Crippen molar-refractivity contribution in [3.8, 4) is 17.0 Å². The Labute approximate surface area is 201 Å². The molecule has 0 radical (unpaired) electrons. The van der Waals surface area contributed by atoms with E-state index in [1.807, 2.05) is 31.2 Å². The maximum absolute atomic E-state index is 13.4. The molecule has 0 fully saturated rings. The summed E-state index contributed by atoms with van der Waals surface area (Å²) >= 11 is 0. The number of anilines is 2. The zero-order valence-corrected chi connectivity index (χ0v) is 19.3. The number of carbonyl (C=O) groups excluding carboxylic acids is 2. The van der Waals surface area contributed by atoms with E-state index in [0.29, 0.717) is 39.3 Å².